The van der Waals surface area contributed by atoms with Gasteiger partial charge in [0.2, 0.25) is 23.6 Å². The monoisotopic (exact) mass is 399 g/mol. The Morgan fingerprint density at radius 1 is 1.07 bits per heavy atom. The average Bonchev–Trinajstić information content (AvgIpc) is 3.12. The standard InChI is InChI=1S/C17H29N5O6/c1-8(2)13(16(26)21-11(17(27)28)7-12(18)23)22-14(24)9(3)20-15(25)10-5-4-6-19-10/h8-11,13,19H,4-7H2,1-3H3,(H2,18,23)(H,20,25)(H,21,26)(H,22,24)(H,27,28). The van der Waals surface area contributed by atoms with E-state index in [1.165, 1.54) is 6.92 Å². The normalized spacial score (nSPS) is 19.4. The van der Waals surface area contributed by atoms with Gasteiger partial charge < -0.3 is 32.1 Å². The van der Waals surface area contributed by atoms with E-state index in [-0.39, 0.29) is 17.9 Å². The summed E-state index contributed by atoms with van der Waals surface area (Å²) in [6.07, 6.45) is 0.999. The lowest BCUT2D eigenvalue weighted by Gasteiger charge is -2.25. The lowest BCUT2D eigenvalue weighted by Crippen LogP contribution is -2.58. The summed E-state index contributed by atoms with van der Waals surface area (Å²) in [6.45, 7) is 5.56. The highest BCUT2D eigenvalue weighted by atomic mass is 16.4. The van der Waals surface area contributed by atoms with E-state index in [0.29, 0.717) is 6.42 Å². The number of rotatable bonds is 10. The highest BCUT2D eigenvalue weighted by Crippen LogP contribution is 2.06. The first-order valence-electron chi connectivity index (χ1n) is 9.18. The fourth-order valence-corrected chi connectivity index (χ4v) is 2.76. The zero-order valence-corrected chi connectivity index (χ0v) is 16.3. The summed E-state index contributed by atoms with van der Waals surface area (Å²) in [6, 6.07) is -3.77. The van der Waals surface area contributed by atoms with Gasteiger partial charge in [-0.1, -0.05) is 13.8 Å². The van der Waals surface area contributed by atoms with Gasteiger partial charge in [-0.3, -0.25) is 19.2 Å². The maximum absolute atomic E-state index is 12.4. The van der Waals surface area contributed by atoms with Crippen LogP contribution >= 0.6 is 0 Å². The number of nitrogens with two attached hydrogens (primary N) is 1. The van der Waals surface area contributed by atoms with Gasteiger partial charge in [0.05, 0.1) is 12.5 Å². The molecule has 1 rings (SSSR count). The van der Waals surface area contributed by atoms with Crippen LogP contribution in [0.5, 0.6) is 0 Å². The molecular formula is C17H29N5O6. The van der Waals surface area contributed by atoms with Crippen molar-refractivity contribution >= 4 is 29.6 Å². The Morgan fingerprint density at radius 2 is 1.71 bits per heavy atom. The van der Waals surface area contributed by atoms with Gasteiger partial charge in [0.25, 0.3) is 0 Å². The third-order valence-corrected chi connectivity index (χ3v) is 4.40. The van der Waals surface area contributed by atoms with Gasteiger partial charge in [-0.25, -0.2) is 4.79 Å². The molecule has 0 aromatic heterocycles. The van der Waals surface area contributed by atoms with Crippen LogP contribution in [0.1, 0.15) is 40.0 Å². The van der Waals surface area contributed by atoms with Crippen LogP contribution in [0.3, 0.4) is 0 Å². The molecule has 28 heavy (non-hydrogen) atoms. The maximum atomic E-state index is 12.4. The summed E-state index contributed by atoms with van der Waals surface area (Å²) >= 11 is 0. The molecule has 1 aliphatic heterocycles. The summed E-state index contributed by atoms with van der Waals surface area (Å²) in [5, 5.41) is 19.4. The molecule has 0 saturated carbocycles. The number of nitrogens with one attached hydrogen (secondary N) is 4. The summed E-state index contributed by atoms with van der Waals surface area (Å²) in [7, 11) is 0. The number of primary amides is 1. The molecule has 4 amide bonds. The second kappa shape index (κ2) is 10.6. The van der Waals surface area contributed by atoms with E-state index < -0.39 is 48.2 Å². The van der Waals surface area contributed by atoms with Gasteiger partial charge in [-0.2, -0.15) is 0 Å². The Hall–Kier alpha value is -2.69. The van der Waals surface area contributed by atoms with E-state index in [4.69, 9.17) is 10.8 Å². The van der Waals surface area contributed by atoms with Crippen molar-refractivity contribution < 1.29 is 29.1 Å². The molecule has 4 unspecified atom stereocenters. The zero-order valence-electron chi connectivity index (χ0n) is 16.3. The first-order chi connectivity index (χ1) is 13.0. The third-order valence-electron chi connectivity index (χ3n) is 4.40. The van der Waals surface area contributed by atoms with Gasteiger partial charge in [-0.05, 0) is 32.2 Å². The Bertz CT molecular complexity index is 617. The molecule has 7 N–H and O–H groups in total. The number of amides is 4. The summed E-state index contributed by atoms with van der Waals surface area (Å²) in [4.78, 5) is 59.1. The van der Waals surface area contributed by atoms with Crippen LogP contribution in [0.25, 0.3) is 0 Å². The Morgan fingerprint density at radius 3 is 2.18 bits per heavy atom. The second-order valence-electron chi connectivity index (χ2n) is 7.18. The molecule has 0 spiro atoms. The molecule has 0 aliphatic carbocycles. The minimum atomic E-state index is -1.49. The smallest absolute Gasteiger partial charge is 0.326 e. The highest BCUT2D eigenvalue weighted by molar-refractivity contribution is 5.94. The minimum Gasteiger partial charge on any atom is -0.480 e. The van der Waals surface area contributed by atoms with Crippen LogP contribution in [-0.4, -0.2) is 65.4 Å². The highest BCUT2D eigenvalue weighted by Gasteiger charge is 2.31. The molecule has 0 radical (unpaired) electrons. The second-order valence-corrected chi connectivity index (χ2v) is 7.18. The minimum absolute atomic E-state index is 0.293. The lowest BCUT2D eigenvalue weighted by molar-refractivity contribution is -0.144. The molecular weight excluding hydrogens is 370 g/mol. The van der Waals surface area contributed by atoms with Gasteiger partial charge >= 0.3 is 5.97 Å². The number of hydrogen-bond acceptors (Lipinski definition) is 6. The largest absolute Gasteiger partial charge is 0.480 e. The number of aliphatic carboxylic acids is 1. The van der Waals surface area contributed by atoms with E-state index in [2.05, 4.69) is 21.3 Å². The van der Waals surface area contributed by atoms with Crippen molar-refractivity contribution in [3.8, 4) is 0 Å². The Labute approximate surface area is 163 Å². The first kappa shape index (κ1) is 23.3. The van der Waals surface area contributed by atoms with Crippen molar-refractivity contribution in [2.45, 2.75) is 64.2 Å². The first-order valence-corrected chi connectivity index (χ1v) is 9.18. The fraction of sp³-hybridized carbons (Fsp3) is 0.706. The summed E-state index contributed by atoms with van der Waals surface area (Å²) in [5.74, 6) is -4.29. The van der Waals surface area contributed by atoms with Crippen molar-refractivity contribution in [3.63, 3.8) is 0 Å². The number of carboxylic acid groups (broad SMARTS) is 1. The van der Waals surface area contributed by atoms with Crippen LogP contribution < -0.4 is 27.0 Å². The van der Waals surface area contributed by atoms with Crippen LogP contribution in [0.2, 0.25) is 0 Å². The molecule has 4 atom stereocenters. The van der Waals surface area contributed by atoms with Crippen molar-refractivity contribution in [1.29, 1.82) is 0 Å². The maximum Gasteiger partial charge on any atom is 0.326 e. The predicted molar refractivity (Wildman–Crippen MR) is 98.8 cm³/mol. The zero-order chi connectivity index (χ0) is 21.4. The van der Waals surface area contributed by atoms with Crippen LogP contribution in [0.4, 0.5) is 0 Å². The number of carbonyl (C=O) groups is 5. The van der Waals surface area contributed by atoms with Crippen molar-refractivity contribution in [3.05, 3.63) is 0 Å². The van der Waals surface area contributed by atoms with Crippen molar-refractivity contribution in [2.75, 3.05) is 6.54 Å². The van der Waals surface area contributed by atoms with Crippen molar-refractivity contribution in [2.24, 2.45) is 11.7 Å². The fourth-order valence-electron chi connectivity index (χ4n) is 2.76. The SMILES string of the molecule is CC(NC(=O)C1CCCN1)C(=O)NC(C(=O)NC(CC(N)=O)C(=O)O)C(C)C. The number of carboxylic acids is 1. The van der Waals surface area contributed by atoms with Gasteiger partial charge in [0.1, 0.15) is 18.1 Å². The topological polar surface area (TPSA) is 180 Å². The number of carbonyl (C=O) groups excluding carboxylic acids is 4. The molecule has 1 aliphatic rings. The quantitative estimate of drug-likeness (QED) is 0.242. The van der Waals surface area contributed by atoms with E-state index >= 15 is 0 Å². The van der Waals surface area contributed by atoms with E-state index in [0.717, 1.165) is 13.0 Å². The van der Waals surface area contributed by atoms with E-state index in [1.54, 1.807) is 13.8 Å². The van der Waals surface area contributed by atoms with Crippen LogP contribution in [0, 0.1) is 5.92 Å². The summed E-state index contributed by atoms with van der Waals surface area (Å²) < 4.78 is 0. The van der Waals surface area contributed by atoms with Gasteiger partial charge in [0.15, 0.2) is 0 Å². The molecule has 0 aromatic rings. The van der Waals surface area contributed by atoms with E-state index in [1.807, 2.05) is 0 Å². The predicted octanol–water partition coefficient (Wildman–Crippen LogP) is -2.17. The molecule has 1 saturated heterocycles. The molecule has 11 heteroatoms. The van der Waals surface area contributed by atoms with Gasteiger partial charge in [-0.15, -0.1) is 0 Å². The van der Waals surface area contributed by atoms with Crippen molar-refractivity contribution in [1.82, 2.24) is 21.3 Å². The Kier molecular flexibility index (Phi) is 8.83. The molecule has 11 nitrogen and oxygen atoms in total. The molecule has 0 aromatic carbocycles. The third kappa shape index (κ3) is 7.14. The molecule has 1 fully saturated rings. The molecule has 1 heterocycles. The summed E-state index contributed by atoms with van der Waals surface area (Å²) in [5.41, 5.74) is 4.99. The molecule has 158 valence electrons. The molecule has 0 bridgehead atoms. The number of hydrogen-bond donors (Lipinski definition) is 6. The van der Waals surface area contributed by atoms with Gasteiger partial charge in [0, 0.05) is 0 Å². The lowest BCUT2D eigenvalue weighted by atomic mass is 10.0. The Balaban J connectivity index is 2.69. The van der Waals surface area contributed by atoms with E-state index in [9.17, 15) is 24.0 Å². The van der Waals surface area contributed by atoms with Crippen LogP contribution in [-0.2, 0) is 24.0 Å². The van der Waals surface area contributed by atoms with Crippen LogP contribution in [0.15, 0.2) is 0 Å². The average molecular weight is 399 g/mol.